The number of nitrogens with one attached hydrogen (secondary N) is 2. The van der Waals surface area contributed by atoms with Crippen molar-refractivity contribution in [3.05, 3.63) is 59.2 Å². The summed E-state index contributed by atoms with van der Waals surface area (Å²) in [6.07, 6.45) is 4.62. The van der Waals surface area contributed by atoms with Crippen LogP contribution in [0, 0.1) is 0 Å². The van der Waals surface area contributed by atoms with Crippen molar-refractivity contribution in [1.82, 2.24) is 10.3 Å². The van der Waals surface area contributed by atoms with Gasteiger partial charge in [-0.3, -0.25) is 5.32 Å². The summed E-state index contributed by atoms with van der Waals surface area (Å²) in [5, 5.41) is 6.54. The number of halogens is 1. The Morgan fingerprint density at radius 2 is 1.90 bits per heavy atom. The summed E-state index contributed by atoms with van der Waals surface area (Å²) in [7, 11) is 0. The van der Waals surface area contributed by atoms with Gasteiger partial charge < -0.3 is 5.32 Å². The van der Waals surface area contributed by atoms with Crippen LogP contribution in [0.25, 0.3) is 0 Å². The molecule has 1 fully saturated rings. The van der Waals surface area contributed by atoms with E-state index in [9.17, 15) is 4.79 Å². The van der Waals surface area contributed by atoms with Gasteiger partial charge in [0.1, 0.15) is 5.82 Å². The summed E-state index contributed by atoms with van der Waals surface area (Å²) < 4.78 is 0. The molecule has 0 radical (unpaired) electrons. The van der Waals surface area contributed by atoms with E-state index in [1.807, 2.05) is 36.4 Å². The van der Waals surface area contributed by atoms with Gasteiger partial charge in [0.05, 0.1) is 5.54 Å². The summed E-state index contributed by atoms with van der Waals surface area (Å²) in [6, 6.07) is 12.8. The number of hydrogen-bond donors (Lipinski definition) is 2. The minimum absolute atomic E-state index is 0.233. The van der Waals surface area contributed by atoms with Crippen molar-refractivity contribution in [2.24, 2.45) is 0 Å². The maximum absolute atomic E-state index is 12.2. The maximum atomic E-state index is 12.2. The number of benzene rings is 1. The van der Waals surface area contributed by atoms with Crippen LogP contribution in [0.3, 0.4) is 0 Å². The van der Waals surface area contributed by atoms with E-state index in [1.54, 1.807) is 12.3 Å². The standard InChI is InChI=1S/C16H16ClN3O/c17-13-7-5-12(6-8-13)16(9-3-10-16)20-15(21)19-14-4-1-2-11-18-14/h1-2,4-8,11H,3,9-10H2,(H2,18,19,20,21). The number of anilines is 1. The molecular formula is C16H16ClN3O. The number of carbonyl (C=O) groups excluding carboxylic acids is 1. The molecule has 2 N–H and O–H groups in total. The molecule has 108 valence electrons. The van der Waals surface area contributed by atoms with Crippen LogP contribution < -0.4 is 10.6 Å². The lowest BCUT2D eigenvalue weighted by Gasteiger charge is -2.43. The zero-order valence-corrected chi connectivity index (χ0v) is 12.2. The molecule has 0 unspecified atom stereocenters. The fourth-order valence-electron chi connectivity index (χ4n) is 2.59. The summed E-state index contributed by atoms with van der Waals surface area (Å²) in [5.41, 5.74) is 0.804. The molecule has 1 aromatic carbocycles. The zero-order chi connectivity index (χ0) is 14.7. The van der Waals surface area contributed by atoms with Gasteiger partial charge in [0, 0.05) is 11.2 Å². The summed E-state index contributed by atoms with van der Waals surface area (Å²) in [4.78, 5) is 16.3. The summed E-state index contributed by atoms with van der Waals surface area (Å²) >= 11 is 5.93. The van der Waals surface area contributed by atoms with Crippen LogP contribution in [-0.2, 0) is 5.54 Å². The third-order valence-electron chi connectivity index (χ3n) is 3.86. The highest BCUT2D eigenvalue weighted by Gasteiger charge is 2.40. The highest BCUT2D eigenvalue weighted by molar-refractivity contribution is 6.30. The number of rotatable bonds is 3. The van der Waals surface area contributed by atoms with Gasteiger partial charge in [-0.25, -0.2) is 9.78 Å². The van der Waals surface area contributed by atoms with E-state index < -0.39 is 0 Å². The van der Waals surface area contributed by atoms with Crippen LogP contribution in [0.15, 0.2) is 48.7 Å². The van der Waals surface area contributed by atoms with Gasteiger partial charge in [-0.1, -0.05) is 29.8 Å². The van der Waals surface area contributed by atoms with Crippen molar-refractivity contribution in [2.75, 3.05) is 5.32 Å². The SMILES string of the molecule is O=C(Nc1ccccn1)NC1(c2ccc(Cl)cc2)CCC1. The Balaban J connectivity index is 1.72. The van der Waals surface area contributed by atoms with E-state index in [0.717, 1.165) is 24.8 Å². The van der Waals surface area contributed by atoms with E-state index in [2.05, 4.69) is 15.6 Å². The monoisotopic (exact) mass is 301 g/mol. The molecule has 4 nitrogen and oxygen atoms in total. The van der Waals surface area contributed by atoms with Crippen LogP contribution >= 0.6 is 11.6 Å². The van der Waals surface area contributed by atoms with E-state index in [0.29, 0.717) is 10.8 Å². The molecule has 0 aliphatic heterocycles. The highest BCUT2D eigenvalue weighted by Crippen LogP contribution is 2.41. The first kappa shape index (κ1) is 13.9. The van der Waals surface area contributed by atoms with Gasteiger partial charge in [-0.05, 0) is 49.1 Å². The van der Waals surface area contributed by atoms with Crippen molar-refractivity contribution < 1.29 is 4.79 Å². The average molecular weight is 302 g/mol. The molecule has 2 aromatic rings. The second kappa shape index (κ2) is 5.74. The minimum Gasteiger partial charge on any atom is -0.328 e. The van der Waals surface area contributed by atoms with Gasteiger partial charge in [0.2, 0.25) is 0 Å². The Labute approximate surface area is 128 Å². The lowest BCUT2D eigenvalue weighted by molar-refractivity contribution is 0.185. The highest BCUT2D eigenvalue weighted by atomic mass is 35.5. The molecule has 21 heavy (non-hydrogen) atoms. The van der Waals surface area contributed by atoms with Gasteiger partial charge >= 0.3 is 6.03 Å². The molecule has 0 atom stereocenters. The predicted octanol–water partition coefficient (Wildman–Crippen LogP) is 3.94. The van der Waals surface area contributed by atoms with E-state index in [4.69, 9.17) is 11.6 Å². The van der Waals surface area contributed by atoms with Crippen molar-refractivity contribution >= 4 is 23.4 Å². The van der Waals surface area contributed by atoms with Crippen molar-refractivity contribution in [3.63, 3.8) is 0 Å². The number of urea groups is 1. The molecule has 3 rings (SSSR count). The van der Waals surface area contributed by atoms with Gasteiger partial charge in [0.15, 0.2) is 0 Å². The van der Waals surface area contributed by atoms with Crippen molar-refractivity contribution in [2.45, 2.75) is 24.8 Å². The fourth-order valence-corrected chi connectivity index (χ4v) is 2.71. The first-order valence-corrected chi connectivity index (χ1v) is 7.32. The average Bonchev–Trinajstić information content (AvgIpc) is 2.45. The molecule has 1 aliphatic rings. The smallest absolute Gasteiger partial charge is 0.321 e. The van der Waals surface area contributed by atoms with E-state index >= 15 is 0 Å². The molecule has 2 amide bonds. The quantitative estimate of drug-likeness (QED) is 0.902. The lowest BCUT2D eigenvalue weighted by Crippen LogP contribution is -2.52. The van der Waals surface area contributed by atoms with Crippen LogP contribution in [0.4, 0.5) is 10.6 Å². The molecule has 1 aromatic heterocycles. The minimum atomic E-state index is -0.288. The molecule has 0 bridgehead atoms. The van der Waals surface area contributed by atoms with Crippen LogP contribution in [-0.4, -0.2) is 11.0 Å². The van der Waals surface area contributed by atoms with Crippen LogP contribution in [0.2, 0.25) is 5.02 Å². The first-order valence-electron chi connectivity index (χ1n) is 6.94. The topological polar surface area (TPSA) is 54.0 Å². The Morgan fingerprint density at radius 1 is 1.14 bits per heavy atom. The Hall–Kier alpha value is -2.07. The van der Waals surface area contributed by atoms with Crippen molar-refractivity contribution in [1.29, 1.82) is 0 Å². The second-order valence-electron chi connectivity index (χ2n) is 5.24. The normalized spacial score (nSPS) is 15.9. The number of nitrogens with zero attached hydrogens (tertiary/aromatic N) is 1. The number of hydrogen-bond acceptors (Lipinski definition) is 2. The van der Waals surface area contributed by atoms with Crippen molar-refractivity contribution in [3.8, 4) is 0 Å². The molecule has 0 saturated heterocycles. The Bertz CT molecular complexity index is 624. The second-order valence-corrected chi connectivity index (χ2v) is 5.67. The number of pyridine rings is 1. The summed E-state index contributed by atoms with van der Waals surface area (Å²) in [5.74, 6) is 0.542. The zero-order valence-electron chi connectivity index (χ0n) is 11.5. The van der Waals surface area contributed by atoms with Crippen LogP contribution in [0.5, 0.6) is 0 Å². The Morgan fingerprint density at radius 3 is 2.48 bits per heavy atom. The third-order valence-corrected chi connectivity index (χ3v) is 4.12. The number of amides is 2. The molecule has 1 aliphatic carbocycles. The summed E-state index contributed by atoms with van der Waals surface area (Å²) in [6.45, 7) is 0. The van der Waals surface area contributed by atoms with Gasteiger partial charge in [-0.2, -0.15) is 0 Å². The third kappa shape index (κ3) is 3.00. The molecule has 5 heteroatoms. The number of carbonyl (C=O) groups is 1. The van der Waals surface area contributed by atoms with Crippen LogP contribution in [0.1, 0.15) is 24.8 Å². The lowest BCUT2D eigenvalue weighted by atomic mass is 9.72. The number of aromatic nitrogens is 1. The first-order chi connectivity index (χ1) is 10.2. The predicted molar refractivity (Wildman–Crippen MR) is 83.4 cm³/mol. The molecule has 1 saturated carbocycles. The molecule has 0 spiro atoms. The molecular weight excluding hydrogens is 286 g/mol. The molecule has 1 heterocycles. The van der Waals surface area contributed by atoms with E-state index in [-0.39, 0.29) is 11.6 Å². The van der Waals surface area contributed by atoms with Gasteiger partial charge in [0.25, 0.3) is 0 Å². The van der Waals surface area contributed by atoms with E-state index in [1.165, 1.54) is 0 Å². The van der Waals surface area contributed by atoms with Gasteiger partial charge in [-0.15, -0.1) is 0 Å². The Kier molecular flexibility index (Phi) is 3.80. The largest absolute Gasteiger partial charge is 0.328 e. The maximum Gasteiger partial charge on any atom is 0.321 e. The fraction of sp³-hybridized carbons (Fsp3) is 0.250.